The normalized spacial score (nSPS) is 14.0. The molecule has 0 unspecified atom stereocenters. The fourth-order valence-electron chi connectivity index (χ4n) is 4.78. The first kappa shape index (κ1) is 24.8. The number of carbonyl (C=O) groups is 1. The highest BCUT2D eigenvalue weighted by atomic mass is 16.5. The van der Waals surface area contributed by atoms with Crippen LogP contribution in [-0.4, -0.2) is 75.1 Å². The number of H-pyrrole nitrogens is 1. The molecule has 5 heterocycles. The molecule has 0 radical (unpaired) electrons. The molecule has 1 aliphatic heterocycles. The number of esters is 1. The lowest BCUT2D eigenvalue weighted by Crippen LogP contribution is -2.44. The number of pyridine rings is 3. The topological polar surface area (TPSA) is 109 Å². The zero-order valence-corrected chi connectivity index (χ0v) is 21.7. The van der Waals surface area contributed by atoms with Gasteiger partial charge in [0, 0.05) is 67.3 Å². The lowest BCUT2D eigenvalue weighted by atomic mass is 10.0. The number of carbonyl (C=O) groups excluding carboxylic acids is 1. The second-order valence-electron chi connectivity index (χ2n) is 9.58. The van der Waals surface area contributed by atoms with Crippen molar-refractivity contribution in [2.45, 2.75) is 6.92 Å². The van der Waals surface area contributed by atoms with Crippen LogP contribution < -0.4 is 5.32 Å². The van der Waals surface area contributed by atoms with Crippen molar-refractivity contribution < 1.29 is 9.53 Å². The first-order valence-electron chi connectivity index (χ1n) is 13.1. The Labute approximate surface area is 226 Å². The number of rotatable bonds is 7. The summed E-state index contributed by atoms with van der Waals surface area (Å²) >= 11 is 0. The van der Waals surface area contributed by atoms with Gasteiger partial charge in [0.2, 0.25) is 0 Å². The van der Waals surface area contributed by atoms with E-state index in [1.165, 1.54) is 0 Å². The number of fused-ring (bicyclic) bond motifs is 1. The zero-order chi connectivity index (χ0) is 26.6. The minimum atomic E-state index is -0.358. The molecule has 196 valence electrons. The molecule has 1 aliphatic rings. The van der Waals surface area contributed by atoms with E-state index in [9.17, 15) is 4.79 Å². The van der Waals surface area contributed by atoms with Gasteiger partial charge >= 0.3 is 5.97 Å². The summed E-state index contributed by atoms with van der Waals surface area (Å²) in [5.74, 6) is -0.358. The smallest absolute Gasteiger partial charge is 0.339 e. The van der Waals surface area contributed by atoms with Crippen LogP contribution >= 0.6 is 0 Å². The summed E-state index contributed by atoms with van der Waals surface area (Å²) in [5, 5.41) is 4.29. The zero-order valence-electron chi connectivity index (χ0n) is 21.7. The Morgan fingerprint density at radius 2 is 1.82 bits per heavy atom. The van der Waals surface area contributed by atoms with Crippen LogP contribution in [0.25, 0.3) is 44.8 Å². The van der Waals surface area contributed by atoms with Gasteiger partial charge in [0.15, 0.2) is 0 Å². The van der Waals surface area contributed by atoms with Crippen molar-refractivity contribution in [1.29, 1.82) is 0 Å². The van der Waals surface area contributed by atoms with Crippen molar-refractivity contribution in [3.05, 3.63) is 84.6 Å². The number of benzene rings is 1. The molecule has 0 spiro atoms. The van der Waals surface area contributed by atoms with Gasteiger partial charge in [-0.2, -0.15) is 0 Å². The number of ether oxygens (including phenoxy) is 1. The quantitative estimate of drug-likeness (QED) is 0.309. The van der Waals surface area contributed by atoms with Crippen LogP contribution in [0.2, 0.25) is 0 Å². The SMILES string of the molecule is Cc1cccc(-c2[nH]cnc2-c2ccc3ncc(-c4ccc(C(=O)OCCN5CCNCC5)cn4)cc3c2)n1. The molecule has 9 nitrogen and oxygen atoms in total. The fraction of sp³-hybridized carbons (Fsp3) is 0.233. The molecule has 0 atom stereocenters. The molecule has 5 aromatic rings. The van der Waals surface area contributed by atoms with Gasteiger partial charge in [-0.1, -0.05) is 12.1 Å². The van der Waals surface area contributed by atoms with Gasteiger partial charge in [0.1, 0.15) is 6.61 Å². The molecule has 1 aromatic carbocycles. The average molecular weight is 520 g/mol. The highest BCUT2D eigenvalue weighted by molar-refractivity contribution is 5.91. The van der Waals surface area contributed by atoms with E-state index in [0.717, 1.165) is 83.2 Å². The molecule has 0 aliphatic carbocycles. The van der Waals surface area contributed by atoms with Gasteiger partial charge in [-0.3, -0.25) is 19.9 Å². The third-order valence-corrected chi connectivity index (χ3v) is 6.88. The van der Waals surface area contributed by atoms with E-state index >= 15 is 0 Å². The van der Waals surface area contributed by atoms with Crippen molar-refractivity contribution in [3.8, 4) is 33.9 Å². The maximum Gasteiger partial charge on any atom is 0.339 e. The molecule has 2 N–H and O–H groups in total. The Morgan fingerprint density at radius 1 is 0.949 bits per heavy atom. The summed E-state index contributed by atoms with van der Waals surface area (Å²) < 4.78 is 5.46. The first-order chi connectivity index (χ1) is 19.1. The Balaban J connectivity index is 1.19. The molecule has 1 saturated heterocycles. The van der Waals surface area contributed by atoms with Crippen LogP contribution in [-0.2, 0) is 4.74 Å². The number of nitrogens with zero attached hydrogens (tertiary/aromatic N) is 5. The van der Waals surface area contributed by atoms with Crippen molar-refractivity contribution in [2.24, 2.45) is 0 Å². The number of aromatic amines is 1. The van der Waals surface area contributed by atoms with Gasteiger partial charge in [-0.15, -0.1) is 0 Å². The highest BCUT2D eigenvalue weighted by Gasteiger charge is 2.14. The Hall–Kier alpha value is -4.47. The van der Waals surface area contributed by atoms with E-state index in [2.05, 4.69) is 47.3 Å². The van der Waals surface area contributed by atoms with Gasteiger partial charge in [-0.05, 0) is 49.4 Å². The van der Waals surface area contributed by atoms with Crippen molar-refractivity contribution >= 4 is 16.9 Å². The average Bonchev–Trinajstić information content (AvgIpc) is 3.47. The molecule has 0 saturated carbocycles. The fourth-order valence-corrected chi connectivity index (χ4v) is 4.78. The molecule has 0 bridgehead atoms. The third kappa shape index (κ3) is 5.55. The Bertz CT molecular complexity index is 1610. The number of piperazine rings is 1. The predicted octanol–water partition coefficient (Wildman–Crippen LogP) is 4.12. The second-order valence-corrected chi connectivity index (χ2v) is 9.58. The highest BCUT2D eigenvalue weighted by Crippen LogP contribution is 2.31. The maximum atomic E-state index is 12.5. The summed E-state index contributed by atoms with van der Waals surface area (Å²) in [6.45, 7) is 6.98. The molecule has 4 aromatic heterocycles. The standard InChI is InChI=1S/C30H29N7O2/c1-20-3-2-4-27(36-20)29-28(34-19-35-29)21-5-7-25-23(15-21)16-24(18-33-25)26-8-6-22(17-32-26)30(38)39-14-13-37-11-9-31-10-12-37/h2-8,15-19,31H,9-14H2,1H3,(H,34,35). The lowest BCUT2D eigenvalue weighted by molar-refractivity contribution is 0.0455. The lowest BCUT2D eigenvalue weighted by Gasteiger charge is -2.26. The molecule has 0 amide bonds. The van der Waals surface area contributed by atoms with E-state index in [1.54, 1.807) is 24.8 Å². The van der Waals surface area contributed by atoms with Crippen LogP contribution in [0, 0.1) is 6.92 Å². The van der Waals surface area contributed by atoms with Crippen LogP contribution in [0.5, 0.6) is 0 Å². The Morgan fingerprint density at radius 3 is 2.64 bits per heavy atom. The number of imidazole rings is 1. The van der Waals surface area contributed by atoms with E-state index < -0.39 is 0 Å². The maximum absolute atomic E-state index is 12.5. The van der Waals surface area contributed by atoms with Crippen LogP contribution in [0.4, 0.5) is 0 Å². The van der Waals surface area contributed by atoms with Crippen molar-refractivity contribution in [1.82, 2.24) is 35.1 Å². The summed E-state index contributed by atoms with van der Waals surface area (Å²) in [7, 11) is 0. The summed E-state index contributed by atoms with van der Waals surface area (Å²) in [4.78, 5) is 36.4. The molecule has 9 heteroatoms. The summed E-state index contributed by atoms with van der Waals surface area (Å²) in [6, 6.07) is 17.7. The number of nitrogens with one attached hydrogen (secondary N) is 2. The Kier molecular flexibility index (Phi) is 7.07. The molecule has 39 heavy (non-hydrogen) atoms. The first-order valence-corrected chi connectivity index (χ1v) is 13.1. The number of hydrogen-bond donors (Lipinski definition) is 2. The number of aryl methyl sites for hydroxylation is 1. The molecule has 6 rings (SSSR count). The van der Waals surface area contributed by atoms with Crippen molar-refractivity contribution in [3.63, 3.8) is 0 Å². The van der Waals surface area contributed by atoms with E-state index in [1.807, 2.05) is 43.3 Å². The van der Waals surface area contributed by atoms with E-state index in [4.69, 9.17) is 4.74 Å². The molecular weight excluding hydrogens is 490 g/mol. The summed E-state index contributed by atoms with van der Waals surface area (Å²) in [5.41, 5.74) is 7.37. The van der Waals surface area contributed by atoms with Crippen molar-refractivity contribution in [2.75, 3.05) is 39.3 Å². The largest absolute Gasteiger partial charge is 0.461 e. The molecular formula is C30H29N7O2. The number of hydrogen-bond acceptors (Lipinski definition) is 8. The second kappa shape index (κ2) is 11.1. The van der Waals surface area contributed by atoms with E-state index in [0.29, 0.717) is 12.2 Å². The van der Waals surface area contributed by atoms with Crippen LogP contribution in [0.3, 0.4) is 0 Å². The number of aromatic nitrogens is 5. The van der Waals surface area contributed by atoms with Gasteiger partial charge in [-0.25, -0.2) is 9.78 Å². The van der Waals surface area contributed by atoms with Crippen LogP contribution in [0.15, 0.2) is 73.3 Å². The van der Waals surface area contributed by atoms with Crippen LogP contribution in [0.1, 0.15) is 16.1 Å². The predicted molar refractivity (Wildman–Crippen MR) is 150 cm³/mol. The monoisotopic (exact) mass is 519 g/mol. The summed E-state index contributed by atoms with van der Waals surface area (Å²) in [6.07, 6.45) is 5.05. The van der Waals surface area contributed by atoms with Gasteiger partial charge in [0.25, 0.3) is 0 Å². The molecule has 1 fully saturated rings. The van der Waals surface area contributed by atoms with E-state index in [-0.39, 0.29) is 5.97 Å². The minimum absolute atomic E-state index is 0.358. The minimum Gasteiger partial charge on any atom is -0.461 e. The third-order valence-electron chi connectivity index (χ3n) is 6.88. The van der Waals surface area contributed by atoms with Gasteiger partial charge < -0.3 is 15.0 Å². The van der Waals surface area contributed by atoms with Gasteiger partial charge in [0.05, 0.1) is 40.2 Å².